The fraction of sp³-hybridized carbons (Fsp3) is 0.389. The van der Waals surface area contributed by atoms with E-state index >= 15 is 0 Å². The molecule has 3 rings (SSSR count). The molecule has 0 bridgehead atoms. The van der Waals surface area contributed by atoms with Gasteiger partial charge in [0.05, 0.1) is 11.6 Å². The molecule has 2 heterocycles. The first-order chi connectivity index (χ1) is 10.3. The van der Waals surface area contributed by atoms with E-state index < -0.39 is 6.10 Å². The second-order valence-electron chi connectivity index (χ2n) is 5.73. The van der Waals surface area contributed by atoms with Gasteiger partial charge in [0.25, 0.3) is 0 Å². The van der Waals surface area contributed by atoms with Crippen LogP contribution in [0.3, 0.4) is 0 Å². The summed E-state index contributed by atoms with van der Waals surface area (Å²) in [5.74, 6) is 0.559. The zero-order valence-corrected chi connectivity index (χ0v) is 12.4. The lowest BCUT2D eigenvalue weighted by Crippen LogP contribution is -2.41. The van der Waals surface area contributed by atoms with Gasteiger partial charge in [0.15, 0.2) is 0 Å². The molecule has 0 radical (unpaired) electrons. The minimum atomic E-state index is -0.494. The van der Waals surface area contributed by atoms with E-state index in [-0.39, 0.29) is 6.04 Å². The molecule has 2 N–H and O–H groups in total. The van der Waals surface area contributed by atoms with Crippen molar-refractivity contribution in [3.8, 4) is 0 Å². The maximum atomic E-state index is 10.8. The Morgan fingerprint density at radius 3 is 3.05 bits per heavy atom. The van der Waals surface area contributed by atoms with E-state index in [2.05, 4.69) is 29.4 Å². The number of nitrogens with zero attached hydrogens (tertiary/aromatic N) is 1. The monoisotopic (exact) mass is 282 g/mol. The van der Waals surface area contributed by atoms with E-state index in [1.807, 2.05) is 30.3 Å². The van der Waals surface area contributed by atoms with Gasteiger partial charge in [-0.1, -0.05) is 30.4 Å². The first-order valence-corrected chi connectivity index (χ1v) is 7.67. The fourth-order valence-electron chi connectivity index (χ4n) is 3.26. The third kappa shape index (κ3) is 2.99. The number of allylic oxidation sites excluding steroid dienone is 2. The van der Waals surface area contributed by atoms with Gasteiger partial charge >= 0.3 is 0 Å². The molecule has 3 atom stereocenters. The Labute approximate surface area is 125 Å². The van der Waals surface area contributed by atoms with E-state index in [9.17, 15) is 5.11 Å². The summed E-state index contributed by atoms with van der Waals surface area (Å²) < 4.78 is 0. The second-order valence-corrected chi connectivity index (χ2v) is 5.73. The summed E-state index contributed by atoms with van der Waals surface area (Å²) in [5, 5.41) is 15.3. The third-order valence-corrected chi connectivity index (χ3v) is 4.33. The highest BCUT2D eigenvalue weighted by Crippen LogP contribution is 2.30. The van der Waals surface area contributed by atoms with E-state index in [0.717, 1.165) is 35.9 Å². The van der Waals surface area contributed by atoms with Crippen LogP contribution in [0.2, 0.25) is 0 Å². The van der Waals surface area contributed by atoms with Crippen LogP contribution in [0.4, 0.5) is 0 Å². The molecule has 2 aromatic rings. The van der Waals surface area contributed by atoms with Gasteiger partial charge in [-0.05, 0) is 49.9 Å². The molecule has 0 unspecified atom stereocenters. The van der Waals surface area contributed by atoms with Crippen molar-refractivity contribution in [1.29, 1.82) is 0 Å². The lowest BCUT2D eigenvalue weighted by atomic mass is 9.86. The molecule has 0 spiro atoms. The van der Waals surface area contributed by atoms with Gasteiger partial charge < -0.3 is 10.4 Å². The molecule has 0 saturated carbocycles. The van der Waals surface area contributed by atoms with Crippen molar-refractivity contribution in [2.75, 3.05) is 6.54 Å². The SMILES string of the molecule is C/C=C/[C@H]1CCN[C@@H]([C@@H](O)c2ccnc3ccccc23)C1. The predicted molar refractivity (Wildman–Crippen MR) is 86.0 cm³/mol. The van der Waals surface area contributed by atoms with Crippen molar-refractivity contribution >= 4 is 10.9 Å². The van der Waals surface area contributed by atoms with Gasteiger partial charge in [0.1, 0.15) is 0 Å². The third-order valence-electron chi connectivity index (χ3n) is 4.33. The van der Waals surface area contributed by atoms with E-state index in [0.29, 0.717) is 5.92 Å². The highest BCUT2D eigenvalue weighted by molar-refractivity contribution is 5.82. The summed E-state index contributed by atoms with van der Waals surface area (Å²) in [5.41, 5.74) is 1.91. The van der Waals surface area contributed by atoms with Gasteiger partial charge in [-0.3, -0.25) is 4.98 Å². The minimum absolute atomic E-state index is 0.103. The molecule has 0 aliphatic carbocycles. The van der Waals surface area contributed by atoms with Crippen LogP contribution in [0.15, 0.2) is 48.7 Å². The van der Waals surface area contributed by atoms with Crippen molar-refractivity contribution in [1.82, 2.24) is 10.3 Å². The summed E-state index contributed by atoms with van der Waals surface area (Å²) in [6, 6.07) is 10.0. The standard InChI is InChI=1S/C18H22N2O/c1-2-5-13-8-10-20-17(12-13)18(21)15-9-11-19-16-7-4-3-6-14(15)16/h2-7,9,11,13,17-18,20-21H,8,10,12H2,1H3/b5-2+/t13-,17+,18-/m0/s1. The first-order valence-electron chi connectivity index (χ1n) is 7.67. The number of fused-ring (bicyclic) bond motifs is 1. The quantitative estimate of drug-likeness (QED) is 0.850. The summed E-state index contributed by atoms with van der Waals surface area (Å²) in [4.78, 5) is 4.37. The van der Waals surface area contributed by atoms with E-state index in [1.54, 1.807) is 6.20 Å². The van der Waals surface area contributed by atoms with Crippen molar-refractivity contribution in [2.24, 2.45) is 5.92 Å². The Morgan fingerprint density at radius 2 is 2.19 bits per heavy atom. The van der Waals surface area contributed by atoms with Crippen molar-refractivity contribution in [2.45, 2.75) is 31.9 Å². The molecular weight excluding hydrogens is 260 g/mol. The molecule has 21 heavy (non-hydrogen) atoms. The largest absolute Gasteiger partial charge is 0.387 e. The van der Waals surface area contributed by atoms with Crippen LogP contribution in [-0.2, 0) is 0 Å². The van der Waals surface area contributed by atoms with Gasteiger partial charge in [-0.25, -0.2) is 0 Å². The second kappa shape index (κ2) is 6.37. The number of nitrogens with one attached hydrogen (secondary N) is 1. The number of rotatable bonds is 3. The van der Waals surface area contributed by atoms with Crippen LogP contribution in [0.1, 0.15) is 31.4 Å². The Hall–Kier alpha value is -1.71. The average molecular weight is 282 g/mol. The number of pyridine rings is 1. The van der Waals surface area contributed by atoms with Crippen LogP contribution >= 0.6 is 0 Å². The highest BCUT2D eigenvalue weighted by Gasteiger charge is 2.27. The Morgan fingerprint density at radius 1 is 1.33 bits per heavy atom. The van der Waals surface area contributed by atoms with Crippen LogP contribution < -0.4 is 5.32 Å². The van der Waals surface area contributed by atoms with E-state index in [1.165, 1.54) is 0 Å². The number of hydrogen-bond acceptors (Lipinski definition) is 3. The van der Waals surface area contributed by atoms with Gasteiger partial charge in [-0.15, -0.1) is 0 Å². The molecule has 110 valence electrons. The first kappa shape index (κ1) is 14.2. The summed E-state index contributed by atoms with van der Waals surface area (Å²) in [6.07, 6.45) is 7.78. The number of aliphatic hydroxyl groups is 1. The number of aliphatic hydroxyl groups excluding tert-OH is 1. The summed E-state index contributed by atoms with van der Waals surface area (Å²) in [6.45, 7) is 3.02. The smallest absolute Gasteiger partial charge is 0.0950 e. The molecule has 3 nitrogen and oxygen atoms in total. The predicted octanol–water partition coefficient (Wildman–Crippen LogP) is 3.21. The Balaban J connectivity index is 1.88. The number of benzene rings is 1. The summed E-state index contributed by atoms with van der Waals surface area (Å²) >= 11 is 0. The van der Waals surface area contributed by atoms with E-state index in [4.69, 9.17) is 0 Å². The van der Waals surface area contributed by atoms with Crippen molar-refractivity contribution in [3.05, 3.63) is 54.2 Å². The number of hydrogen-bond donors (Lipinski definition) is 2. The normalized spacial score (nSPS) is 24.5. The summed E-state index contributed by atoms with van der Waals surface area (Å²) in [7, 11) is 0. The van der Waals surface area contributed by atoms with Gasteiger partial charge in [0, 0.05) is 17.6 Å². The molecule has 1 aliphatic heterocycles. The molecule has 1 aliphatic rings. The zero-order chi connectivity index (χ0) is 14.7. The number of piperidine rings is 1. The number of para-hydroxylation sites is 1. The van der Waals surface area contributed by atoms with Crippen LogP contribution in [0.5, 0.6) is 0 Å². The Kier molecular flexibility index (Phi) is 4.32. The topological polar surface area (TPSA) is 45.1 Å². The molecule has 1 aromatic carbocycles. The van der Waals surface area contributed by atoms with Crippen molar-refractivity contribution in [3.63, 3.8) is 0 Å². The maximum Gasteiger partial charge on any atom is 0.0950 e. The average Bonchev–Trinajstić information content (AvgIpc) is 2.54. The van der Waals surface area contributed by atoms with Crippen LogP contribution in [0, 0.1) is 5.92 Å². The highest BCUT2D eigenvalue weighted by atomic mass is 16.3. The lowest BCUT2D eigenvalue weighted by molar-refractivity contribution is 0.106. The minimum Gasteiger partial charge on any atom is -0.387 e. The molecule has 1 saturated heterocycles. The molecule has 1 fully saturated rings. The Bertz CT molecular complexity index is 633. The van der Waals surface area contributed by atoms with Gasteiger partial charge in [0.2, 0.25) is 0 Å². The van der Waals surface area contributed by atoms with Crippen LogP contribution in [0.25, 0.3) is 10.9 Å². The molecule has 0 amide bonds. The van der Waals surface area contributed by atoms with Crippen molar-refractivity contribution < 1.29 is 5.11 Å². The van der Waals surface area contributed by atoms with Crippen LogP contribution in [-0.4, -0.2) is 22.7 Å². The molecular formula is C18H22N2O. The molecule has 1 aromatic heterocycles. The fourth-order valence-corrected chi connectivity index (χ4v) is 3.26. The molecule has 3 heteroatoms. The maximum absolute atomic E-state index is 10.8. The zero-order valence-electron chi connectivity index (χ0n) is 12.4. The number of aromatic nitrogens is 1. The van der Waals surface area contributed by atoms with Gasteiger partial charge in [-0.2, -0.15) is 0 Å². The lowest BCUT2D eigenvalue weighted by Gasteiger charge is -2.32.